The van der Waals surface area contributed by atoms with Crippen LogP contribution in [0.2, 0.25) is 0 Å². The van der Waals surface area contributed by atoms with Gasteiger partial charge in [0.2, 0.25) is 0 Å². The molecule has 21 heavy (non-hydrogen) atoms. The van der Waals surface area contributed by atoms with Crippen molar-refractivity contribution in [2.75, 3.05) is 19.7 Å². The second-order valence-corrected chi connectivity index (χ2v) is 4.47. The van der Waals surface area contributed by atoms with Gasteiger partial charge in [0, 0.05) is 6.54 Å². The van der Waals surface area contributed by atoms with E-state index in [1.54, 1.807) is 24.3 Å². The van der Waals surface area contributed by atoms with Crippen LogP contribution in [-0.4, -0.2) is 24.8 Å². The molecule has 5 heteroatoms. The van der Waals surface area contributed by atoms with Crippen LogP contribution < -0.4 is 10.1 Å². The first-order valence-electron chi connectivity index (χ1n) is 6.61. The predicted molar refractivity (Wildman–Crippen MR) is 83.8 cm³/mol. The highest BCUT2D eigenvalue weighted by molar-refractivity contribution is 5.85. The smallest absolute Gasteiger partial charge is 0.123 e. The van der Waals surface area contributed by atoms with Crippen molar-refractivity contribution < 1.29 is 14.2 Å². The molecular formula is C16H19ClFNO2. The fourth-order valence-electron chi connectivity index (χ4n) is 1.79. The average Bonchev–Trinajstić information content (AvgIpc) is 2.46. The van der Waals surface area contributed by atoms with E-state index < -0.39 is 0 Å². The molecule has 114 valence electrons. The molecule has 2 aromatic carbocycles. The largest absolute Gasteiger partial charge is 0.508 e. The van der Waals surface area contributed by atoms with Crippen LogP contribution in [0.5, 0.6) is 11.5 Å². The van der Waals surface area contributed by atoms with E-state index in [0.29, 0.717) is 12.4 Å². The maximum absolute atomic E-state index is 12.7. The zero-order valence-electron chi connectivity index (χ0n) is 11.6. The molecule has 2 rings (SSSR count). The molecule has 0 amide bonds. The van der Waals surface area contributed by atoms with E-state index in [9.17, 15) is 4.39 Å². The molecule has 0 unspecified atom stereocenters. The Morgan fingerprint density at radius 3 is 2.29 bits per heavy atom. The second-order valence-electron chi connectivity index (χ2n) is 4.47. The van der Waals surface area contributed by atoms with E-state index in [1.807, 2.05) is 12.1 Å². The highest BCUT2D eigenvalue weighted by Crippen LogP contribution is 2.11. The predicted octanol–water partition coefficient (Wildman–Crippen LogP) is 3.16. The van der Waals surface area contributed by atoms with Crippen molar-refractivity contribution in [3.05, 3.63) is 59.9 Å². The summed E-state index contributed by atoms with van der Waals surface area (Å²) in [5.41, 5.74) is 1.18. The van der Waals surface area contributed by atoms with Crippen molar-refractivity contribution in [2.24, 2.45) is 0 Å². The quantitative estimate of drug-likeness (QED) is 0.772. The summed E-state index contributed by atoms with van der Waals surface area (Å²) < 4.78 is 18.1. The molecule has 0 aliphatic rings. The molecule has 2 aromatic rings. The average molecular weight is 312 g/mol. The summed E-state index contributed by atoms with van der Waals surface area (Å²) in [4.78, 5) is 0. The number of phenols is 1. The van der Waals surface area contributed by atoms with Crippen molar-refractivity contribution >= 4 is 12.4 Å². The van der Waals surface area contributed by atoms with Gasteiger partial charge in [0.1, 0.15) is 23.9 Å². The summed E-state index contributed by atoms with van der Waals surface area (Å²) in [5, 5.41) is 12.4. The van der Waals surface area contributed by atoms with Crippen LogP contribution in [0.1, 0.15) is 5.56 Å². The summed E-state index contributed by atoms with van der Waals surface area (Å²) >= 11 is 0. The molecule has 0 radical (unpaired) electrons. The first-order chi connectivity index (χ1) is 9.74. The number of nitrogens with one attached hydrogen (secondary N) is 1. The van der Waals surface area contributed by atoms with E-state index in [2.05, 4.69) is 5.32 Å². The van der Waals surface area contributed by atoms with Crippen molar-refractivity contribution in [2.45, 2.75) is 6.42 Å². The molecule has 0 fully saturated rings. The topological polar surface area (TPSA) is 41.5 Å². The lowest BCUT2D eigenvalue weighted by Gasteiger charge is -2.07. The number of hydrogen-bond acceptors (Lipinski definition) is 3. The zero-order valence-corrected chi connectivity index (χ0v) is 12.4. The van der Waals surface area contributed by atoms with Gasteiger partial charge in [-0.15, -0.1) is 12.4 Å². The summed E-state index contributed by atoms with van der Waals surface area (Å²) in [6, 6.07) is 13.2. The summed E-state index contributed by atoms with van der Waals surface area (Å²) in [7, 11) is 0. The van der Waals surface area contributed by atoms with Gasteiger partial charge < -0.3 is 15.2 Å². The highest BCUT2D eigenvalue weighted by Gasteiger charge is 1.96. The number of benzene rings is 2. The van der Waals surface area contributed by atoms with Crippen LogP contribution in [0, 0.1) is 5.82 Å². The maximum Gasteiger partial charge on any atom is 0.123 e. The first-order valence-corrected chi connectivity index (χ1v) is 6.61. The molecule has 0 saturated heterocycles. The van der Waals surface area contributed by atoms with Crippen LogP contribution in [0.15, 0.2) is 48.5 Å². The monoisotopic (exact) mass is 311 g/mol. The van der Waals surface area contributed by atoms with Gasteiger partial charge in [0.05, 0.1) is 0 Å². The number of aromatic hydroxyl groups is 1. The van der Waals surface area contributed by atoms with Gasteiger partial charge in [-0.25, -0.2) is 4.39 Å². The molecule has 0 bridgehead atoms. The molecule has 3 nitrogen and oxygen atoms in total. The number of phenolic OH excluding ortho intramolecular Hbond substituents is 1. The number of rotatable bonds is 7. The highest BCUT2D eigenvalue weighted by atomic mass is 35.5. The van der Waals surface area contributed by atoms with Gasteiger partial charge >= 0.3 is 0 Å². The van der Waals surface area contributed by atoms with Crippen LogP contribution in [0.4, 0.5) is 4.39 Å². The van der Waals surface area contributed by atoms with E-state index >= 15 is 0 Å². The van der Waals surface area contributed by atoms with Gasteiger partial charge in [-0.05, 0) is 54.9 Å². The molecule has 0 atom stereocenters. The Kier molecular flexibility index (Phi) is 7.58. The van der Waals surface area contributed by atoms with Gasteiger partial charge in [0.15, 0.2) is 0 Å². The molecule has 0 aliphatic carbocycles. The van der Waals surface area contributed by atoms with Crippen LogP contribution in [0.3, 0.4) is 0 Å². The van der Waals surface area contributed by atoms with Crippen molar-refractivity contribution in [1.82, 2.24) is 5.32 Å². The van der Waals surface area contributed by atoms with Gasteiger partial charge in [-0.1, -0.05) is 12.1 Å². The third-order valence-corrected chi connectivity index (χ3v) is 2.89. The SMILES string of the molecule is Cl.Oc1ccc(CCNCCOc2ccc(F)cc2)cc1. The molecule has 0 saturated carbocycles. The Morgan fingerprint density at radius 2 is 1.62 bits per heavy atom. The minimum absolute atomic E-state index is 0. The molecule has 2 N–H and O–H groups in total. The Balaban J connectivity index is 0.00000220. The molecule has 0 heterocycles. The number of halogens is 2. The standard InChI is InChI=1S/C16H18FNO2.ClH/c17-14-3-7-16(8-4-14)20-12-11-18-10-9-13-1-5-15(19)6-2-13;/h1-8,18-19H,9-12H2;1H. The number of ether oxygens (including phenoxy) is 1. The lowest BCUT2D eigenvalue weighted by Crippen LogP contribution is -2.23. The third-order valence-electron chi connectivity index (χ3n) is 2.89. The Bertz CT molecular complexity index is 467. The Morgan fingerprint density at radius 1 is 0.952 bits per heavy atom. The van der Waals surface area contributed by atoms with E-state index in [1.165, 1.54) is 17.7 Å². The normalized spacial score (nSPS) is 9.95. The molecular weight excluding hydrogens is 293 g/mol. The lowest BCUT2D eigenvalue weighted by molar-refractivity contribution is 0.314. The van der Waals surface area contributed by atoms with Crippen LogP contribution >= 0.6 is 12.4 Å². The van der Waals surface area contributed by atoms with E-state index in [4.69, 9.17) is 9.84 Å². The molecule has 0 spiro atoms. The van der Waals surface area contributed by atoms with E-state index in [-0.39, 0.29) is 24.0 Å². The van der Waals surface area contributed by atoms with Crippen molar-refractivity contribution in [3.8, 4) is 11.5 Å². The van der Waals surface area contributed by atoms with Crippen molar-refractivity contribution in [3.63, 3.8) is 0 Å². The van der Waals surface area contributed by atoms with Gasteiger partial charge in [-0.2, -0.15) is 0 Å². The van der Waals surface area contributed by atoms with Crippen LogP contribution in [0.25, 0.3) is 0 Å². The fourth-order valence-corrected chi connectivity index (χ4v) is 1.79. The number of hydrogen-bond donors (Lipinski definition) is 2. The minimum Gasteiger partial charge on any atom is -0.508 e. The van der Waals surface area contributed by atoms with Crippen LogP contribution in [-0.2, 0) is 6.42 Å². The lowest BCUT2D eigenvalue weighted by atomic mass is 10.1. The summed E-state index contributed by atoms with van der Waals surface area (Å²) in [5.74, 6) is 0.700. The second kappa shape index (κ2) is 9.21. The van der Waals surface area contributed by atoms with Gasteiger partial charge in [0.25, 0.3) is 0 Å². The van der Waals surface area contributed by atoms with E-state index in [0.717, 1.165) is 19.5 Å². The Hall–Kier alpha value is -1.78. The molecule has 0 aromatic heterocycles. The fraction of sp³-hybridized carbons (Fsp3) is 0.250. The van der Waals surface area contributed by atoms with Gasteiger partial charge in [-0.3, -0.25) is 0 Å². The first kappa shape index (κ1) is 17.3. The van der Waals surface area contributed by atoms with Crippen molar-refractivity contribution in [1.29, 1.82) is 0 Å². The summed E-state index contributed by atoms with van der Waals surface area (Å²) in [6.45, 7) is 2.12. The minimum atomic E-state index is -0.260. The molecule has 0 aliphatic heterocycles. The zero-order chi connectivity index (χ0) is 14.2. The Labute approximate surface area is 130 Å². The summed E-state index contributed by atoms with van der Waals surface area (Å²) in [6.07, 6.45) is 0.900. The maximum atomic E-state index is 12.7. The third kappa shape index (κ3) is 6.47.